The van der Waals surface area contributed by atoms with Crippen molar-refractivity contribution in [3.63, 3.8) is 0 Å². The summed E-state index contributed by atoms with van der Waals surface area (Å²) in [6, 6.07) is 12.3. The van der Waals surface area contributed by atoms with Gasteiger partial charge in [0.25, 0.3) is 0 Å². The molecule has 0 saturated heterocycles. The van der Waals surface area contributed by atoms with Gasteiger partial charge in [0.15, 0.2) is 0 Å². The Hall–Kier alpha value is -1.78. The zero-order valence-corrected chi connectivity index (χ0v) is 13.3. The minimum atomic E-state index is -0.0250. The number of aryl methyl sites for hydroxylation is 1. The number of thiocarbonyl (C=S) groups is 1. The van der Waals surface area contributed by atoms with Gasteiger partial charge in [0, 0.05) is 18.9 Å². The number of rotatable bonds is 6. The van der Waals surface area contributed by atoms with E-state index in [1.807, 2.05) is 36.7 Å². The molecule has 21 heavy (non-hydrogen) atoms. The quantitative estimate of drug-likeness (QED) is 0.833. The van der Waals surface area contributed by atoms with Crippen molar-refractivity contribution in [2.24, 2.45) is 5.73 Å². The van der Waals surface area contributed by atoms with Crippen LogP contribution in [-0.4, -0.2) is 28.5 Å². The summed E-state index contributed by atoms with van der Waals surface area (Å²) in [5.74, 6) is 0. The number of likely N-dealkylation sites (N-methyl/N-ethyl adjacent to an activating group) is 1. The van der Waals surface area contributed by atoms with Crippen LogP contribution >= 0.6 is 12.2 Å². The van der Waals surface area contributed by atoms with Crippen molar-refractivity contribution in [1.82, 2.24) is 9.88 Å². The van der Waals surface area contributed by atoms with Crippen molar-refractivity contribution < 1.29 is 0 Å². The lowest BCUT2D eigenvalue weighted by Gasteiger charge is -2.28. The van der Waals surface area contributed by atoms with Gasteiger partial charge in [0.05, 0.1) is 11.0 Å². The van der Waals surface area contributed by atoms with Crippen LogP contribution in [0.4, 0.5) is 0 Å². The van der Waals surface area contributed by atoms with E-state index in [1.54, 1.807) is 0 Å². The van der Waals surface area contributed by atoms with Crippen molar-refractivity contribution in [2.45, 2.75) is 19.4 Å². The van der Waals surface area contributed by atoms with E-state index in [0.29, 0.717) is 4.99 Å². The van der Waals surface area contributed by atoms with Crippen LogP contribution in [0.25, 0.3) is 0 Å². The molecule has 2 rings (SSSR count). The van der Waals surface area contributed by atoms with Crippen LogP contribution in [0.5, 0.6) is 0 Å². The number of nitrogens with two attached hydrogens (primary N) is 1. The van der Waals surface area contributed by atoms with E-state index in [-0.39, 0.29) is 6.04 Å². The maximum absolute atomic E-state index is 5.99. The predicted molar refractivity (Wildman–Crippen MR) is 91.3 cm³/mol. The molecule has 0 aliphatic carbocycles. The number of pyridine rings is 1. The summed E-state index contributed by atoms with van der Waals surface area (Å²) in [6.45, 7) is 2.98. The van der Waals surface area contributed by atoms with Gasteiger partial charge in [-0.3, -0.25) is 9.88 Å². The fourth-order valence-electron chi connectivity index (χ4n) is 2.49. The van der Waals surface area contributed by atoms with Gasteiger partial charge < -0.3 is 5.73 Å². The largest absolute Gasteiger partial charge is 0.392 e. The molecule has 0 aliphatic rings. The highest BCUT2D eigenvalue weighted by atomic mass is 32.1. The summed E-state index contributed by atoms with van der Waals surface area (Å²) >= 11 is 5.29. The first-order valence-corrected chi connectivity index (χ1v) is 7.44. The number of hydrogen-bond donors (Lipinski definition) is 1. The minimum Gasteiger partial charge on any atom is -0.392 e. The molecule has 0 aliphatic heterocycles. The Labute approximate surface area is 131 Å². The first-order valence-electron chi connectivity index (χ1n) is 7.03. The summed E-state index contributed by atoms with van der Waals surface area (Å²) in [7, 11) is 2.07. The van der Waals surface area contributed by atoms with E-state index in [4.69, 9.17) is 18.0 Å². The van der Waals surface area contributed by atoms with Gasteiger partial charge in [-0.15, -0.1) is 0 Å². The van der Waals surface area contributed by atoms with Gasteiger partial charge >= 0.3 is 0 Å². The van der Waals surface area contributed by atoms with E-state index in [0.717, 1.165) is 13.0 Å². The van der Waals surface area contributed by atoms with Crippen LogP contribution in [-0.2, 0) is 6.42 Å². The predicted octanol–water partition coefficient (Wildman–Crippen LogP) is 2.89. The second-order valence-electron chi connectivity index (χ2n) is 5.25. The zero-order valence-electron chi connectivity index (χ0n) is 12.5. The third-order valence-corrected chi connectivity index (χ3v) is 3.92. The highest BCUT2D eigenvalue weighted by molar-refractivity contribution is 7.80. The van der Waals surface area contributed by atoms with Crippen LogP contribution in [0.3, 0.4) is 0 Å². The average molecular weight is 299 g/mol. The standard InChI is InChI=1S/C17H21N3S/c1-13-5-3-4-6-15(13)16(17(18)21)20(2)12-9-14-7-10-19-11-8-14/h3-8,10-11,16H,9,12H2,1-2H3,(H2,18,21). The molecule has 0 bridgehead atoms. The van der Waals surface area contributed by atoms with Gasteiger partial charge in [-0.2, -0.15) is 0 Å². The molecule has 110 valence electrons. The highest BCUT2D eigenvalue weighted by Gasteiger charge is 2.21. The second-order valence-corrected chi connectivity index (χ2v) is 5.72. The van der Waals surface area contributed by atoms with Crippen LogP contribution < -0.4 is 5.73 Å². The average Bonchev–Trinajstić information content (AvgIpc) is 2.48. The molecule has 0 radical (unpaired) electrons. The van der Waals surface area contributed by atoms with E-state index in [9.17, 15) is 0 Å². The monoisotopic (exact) mass is 299 g/mol. The normalized spacial score (nSPS) is 12.3. The van der Waals surface area contributed by atoms with Gasteiger partial charge in [0.2, 0.25) is 0 Å². The van der Waals surface area contributed by atoms with Crippen molar-refractivity contribution in [3.05, 3.63) is 65.5 Å². The van der Waals surface area contributed by atoms with E-state index < -0.39 is 0 Å². The second kappa shape index (κ2) is 7.29. The van der Waals surface area contributed by atoms with Crippen molar-refractivity contribution in [1.29, 1.82) is 0 Å². The van der Waals surface area contributed by atoms with E-state index in [1.165, 1.54) is 16.7 Å². The minimum absolute atomic E-state index is 0.0250. The fourth-order valence-corrected chi connectivity index (χ4v) is 2.79. The number of aromatic nitrogens is 1. The lowest BCUT2D eigenvalue weighted by atomic mass is 10.00. The maximum Gasteiger partial charge on any atom is 0.0948 e. The Morgan fingerprint density at radius 1 is 1.24 bits per heavy atom. The molecule has 3 nitrogen and oxygen atoms in total. The molecule has 0 amide bonds. The molecule has 1 aromatic heterocycles. The fraction of sp³-hybridized carbons (Fsp3) is 0.294. The van der Waals surface area contributed by atoms with E-state index >= 15 is 0 Å². The van der Waals surface area contributed by atoms with Crippen LogP contribution in [0.15, 0.2) is 48.8 Å². The molecule has 0 fully saturated rings. The summed E-state index contributed by atoms with van der Waals surface area (Å²) in [5, 5.41) is 0. The van der Waals surface area contributed by atoms with Crippen LogP contribution in [0, 0.1) is 6.92 Å². The van der Waals surface area contributed by atoms with Gasteiger partial charge in [-0.05, 0) is 49.2 Å². The summed E-state index contributed by atoms with van der Waals surface area (Å²) in [4.78, 5) is 6.77. The first-order chi connectivity index (χ1) is 10.1. The zero-order chi connectivity index (χ0) is 15.2. The molecule has 0 spiro atoms. The first kappa shape index (κ1) is 15.6. The molecular formula is C17H21N3S. The Bertz CT molecular complexity index is 598. The van der Waals surface area contributed by atoms with Crippen molar-refractivity contribution >= 4 is 17.2 Å². The third-order valence-electron chi connectivity index (χ3n) is 3.70. The molecule has 2 aromatic rings. The lowest BCUT2D eigenvalue weighted by Crippen LogP contribution is -2.35. The third kappa shape index (κ3) is 4.09. The van der Waals surface area contributed by atoms with Crippen LogP contribution in [0.1, 0.15) is 22.7 Å². The van der Waals surface area contributed by atoms with E-state index in [2.05, 4.69) is 36.0 Å². The van der Waals surface area contributed by atoms with Crippen molar-refractivity contribution in [3.8, 4) is 0 Å². The van der Waals surface area contributed by atoms with Crippen molar-refractivity contribution in [2.75, 3.05) is 13.6 Å². The molecular weight excluding hydrogens is 278 g/mol. The van der Waals surface area contributed by atoms with Gasteiger partial charge in [0.1, 0.15) is 0 Å². The number of hydrogen-bond acceptors (Lipinski definition) is 3. The summed E-state index contributed by atoms with van der Waals surface area (Å²) in [5.41, 5.74) is 9.65. The molecule has 1 heterocycles. The van der Waals surface area contributed by atoms with Gasteiger partial charge in [-0.25, -0.2) is 0 Å². The molecule has 1 aromatic carbocycles. The Kier molecular flexibility index (Phi) is 5.42. The van der Waals surface area contributed by atoms with Crippen LogP contribution in [0.2, 0.25) is 0 Å². The Balaban J connectivity index is 2.12. The number of benzene rings is 1. The number of nitrogens with zero attached hydrogens (tertiary/aromatic N) is 2. The highest BCUT2D eigenvalue weighted by Crippen LogP contribution is 2.23. The molecule has 1 atom stereocenters. The smallest absolute Gasteiger partial charge is 0.0948 e. The maximum atomic E-state index is 5.99. The Morgan fingerprint density at radius 3 is 2.52 bits per heavy atom. The topological polar surface area (TPSA) is 42.1 Å². The Morgan fingerprint density at radius 2 is 1.90 bits per heavy atom. The van der Waals surface area contributed by atoms with Gasteiger partial charge in [-0.1, -0.05) is 36.5 Å². The molecule has 2 N–H and O–H groups in total. The summed E-state index contributed by atoms with van der Waals surface area (Å²) in [6.07, 6.45) is 4.59. The summed E-state index contributed by atoms with van der Waals surface area (Å²) < 4.78 is 0. The SMILES string of the molecule is Cc1ccccc1C(C(N)=S)N(C)CCc1ccncc1. The molecule has 0 saturated carbocycles. The molecule has 4 heteroatoms. The lowest BCUT2D eigenvalue weighted by molar-refractivity contribution is 0.305. The molecule has 1 unspecified atom stereocenters.